The fraction of sp³-hybridized carbons (Fsp3) is 0.846. The Balaban J connectivity index is 1.98. The predicted molar refractivity (Wildman–Crippen MR) is 67.0 cm³/mol. The topological polar surface area (TPSA) is 58.6 Å². The van der Waals surface area contributed by atoms with Gasteiger partial charge in [0.15, 0.2) is 0 Å². The summed E-state index contributed by atoms with van der Waals surface area (Å²) >= 11 is 0. The number of carbonyl (C=O) groups is 2. The monoisotopic (exact) mass is 254 g/mol. The Hall–Kier alpha value is -1.10. The largest absolute Gasteiger partial charge is 0.469 e. The lowest BCUT2D eigenvalue weighted by Gasteiger charge is -2.35. The van der Waals surface area contributed by atoms with Crippen LogP contribution < -0.4 is 5.32 Å². The molecule has 0 radical (unpaired) electrons. The molecule has 2 fully saturated rings. The molecule has 2 rings (SSSR count). The minimum Gasteiger partial charge on any atom is -0.469 e. The minimum absolute atomic E-state index is 0.0556. The van der Waals surface area contributed by atoms with Gasteiger partial charge in [-0.2, -0.15) is 0 Å². The van der Waals surface area contributed by atoms with E-state index in [4.69, 9.17) is 4.74 Å². The van der Waals surface area contributed by atoms with E-state index < -0.39 is 0 Å². The number of methoxy groups -OCH3 is 1. The van der Waals surface area contributed by atoms with Gasteiger partial charge in [0.05, 0.1) is 19.1 Å². The molecular weight excluding hydrogens is 232 g/mol. The zero-order valence-electron chi connectivity index (χ0n) is 11.0. The molecule has 2 saturated heterocycles. The zero-order chi connectivity index (χ0) is 13.0. The first-order valence-corrected chi connectivity index (χ1v) is 6.82. The molecule has 0 aromatic carbocycles. The fourth-order valence-corrected chi connectivity index (χ4v) is 2.92. The van der Waals surface area contributed by atoms with Gasteiger partial charge >= 0.3 is 5.97 Å². The number of likely N-dealkylation sites (tertiary alicyclic amines) is 1. The third-order valence-electron chi connectivity index (χ3n) is 3.93. The summed E-state index contributed by atoms with van der Waals surface area (Å²) in [6, 6.07) is -0.0556. The van der Waals surface area contributed by atoms with Crippen molar-refractivity contribution in [1.29, 1.82) is 0 Å². The van der Waals surface area contributed by atoms with Crippen molar-refractivity contribution in [3.63, 3.8) is 0 Å². The summed E-state index contributed by atoms with van der Waals surface area (Å²) in [5.74, 6) is -0.0912. The van der Waals surface area contributed by atoms with Crippen LogP contribution in [0.4, 0.5) is 0 Å². The van der Waals surface area contributed by atoms with Crippen molar-refractivity contribution in [3.05, 3.63) is 0 Å². The van der Waals surface area contributed by atoms with Crippen LogP contribution in [0, 0.1) is 5.92 Å². The summed E-state index contributed by atoms with van der Waals surface area (Å²) in [4.78, 5) is 25.7. The molecule has 18 heavy (non-hydrogen) atoms. The van der Waals surface area contributed by atoms with Crippen molar-refractivity contribution in [3.8, 4) is 0 Å². The molecule has 0 aromatic rings. The molecule has 1 N–H and O–H groups in total. The Morgan fingerprint density at radius 3 is 2.94 bits per heavy atom. The number of hydrogen-bond acceptors (Lipinski definition) is 4. The number of rotatable bonds is 2. The highest BCUT2D eigenvalue weighted by molar-refractivity contribution is 5.82. The zero-order valence-corrected chi connectivity index (χ0v) is 11.0. The van der Waals surface area contributed by atoms with E-state index in [1.807, 2.05) is 0 Å². The number of nitrogens with zero attached hydrogens (tertiary/aromatic N) is 1. The molecule has 0 bridgehead atoms. The summed E-state index contributed by atoms with van der Waals surface area (Å²) in [6.07, 6.45) is 4.86. The molecule has 1 unspecified atom stereocenters. The molecule has 2 atom stereocenters. The number of piperidine rings is 1. The van der Waals surface area contributed by atoms with Gasteiger partial charge < -0.3 is 10.1 Å². The molecule has 5 heteroatoms. The van der Waals surface area contributed by atoms with Crippen LogP contribution in [0.15, 0.2) is 0 Å². The van der Waals surface area contributed by atoms with Crippen LogP contribution in [0.5, 0.6) is 0 Å². The second-order valence-corrected chi connectivity index (χ2v) is 5.16. The van der Waals surface area contributed by atoms with E-state index in [-0.39, 0.29) is 23.8 Å². The van der Waals surface area contributed by atoms with E-state index in [0.29, 0.717) is 6.54 Å². The Kier molecular flexibility index (Phi) is 4.58. The van der Waals surface area contributed by atoms with Gasteiger partial charge in [-0.05, 0) is 38.6 Å². The van der Waals surface area contributed by atoms with E-state index in [9.17, 15) is 9.59 Å². The van der Waals surface area contributed by atoms with E-state index in [1.54, 1.807) is 0 Å². The van der Waals surface area contributed by atoms with E-state index in [2.05, 4.69) is 10.2 Å². The van der Waals surface area contributed by atoms with E-state index in [0.717, 1.165) is 45.2 Å². The number of nitrogens with one attached hydrogen (secondary N) is 1. The summed E-state index contributed by atoms with van der Waals surface area (Å²) in [5, 5.41) is 2.95. The van der Waals surface area contributed by atoms with Crippen LogP contribution in [-0.2, 0) is 14.3 Å². The average molecular weight is 254 g/mol. The molecule has 0 saturated carbocycles. The van der Waals surface area contributed by atoms with Gasteiger partial charge in [0.25, 0.3) is 0 Å². The van der Waals surface area contributed by atoms with Crippen LogP contribution in [0.2, 0.25) is 0 Å². The highest BCUT2D eigenvalue weighted by Gasteiger charge is 2.33. The molecule has 2 aliphatic heterocycles. The van der Waals surface area contributed by atoms with Gasteiger partial charge in [0, 0.05) is 13.1 Å². The van der Waals surface area contributed by atoms with Crippen molar-refractivity contribution in [2.75, 3.05) is 26.7 Å². The molecule has 0 aromatic heterocycles. The molecule has 102 valence electrons. The minimum atomic E-state index is -0.145. The normalized spacial score (nSPS) is 30.4. The van der Waals surface area contributed by atoms with Gasteiger partial charge in [-0.15, -0.1) is 0 Å². The molecule has 1 amide bonds. The summed E-state index contributed by atoms with van der Waals surface area (Å²) in [7, 11) is 1.43. The number of esters is 1. The van der Waals surface area contributed by atoms with Gasteiger partial charge in [-0.1, -0.05) is 0 Å². The summed E-state index contributed by atoms with van der Waals surface area (Å²) in [5.41, 5.74) is 0. The van der Waals surface area contributed by atoms with Crippen molar-refractivity contribution >= 4 is 11.9 Å². The van der Waals surface area contributed by atoms with Gasteiger partial charge in [0.2, 0.25) is 5.91 Å². The molecule has 5 nitrogen and oxygen atoms in total. The highest BCUT2D eigenvalue weighted by Crippen LogP contribution is 2.22. The lowest BCUT2D eigenvalue weighted by atomic mass is 9.95. The second kappa shape index (κ2) is 6.18. The van der Waals surface area contributed by atoms with Crippen LogP contribution in [0.25, 0.3) is 0 Å². The number of carbonyl (C=O) groups excluding carboxylic acids is 2. The fourth-order valence-electron chi connectivity index (χ4n) is 2.92. The van der Waals surface area contributed by atoms with Gasteiger partial charge in [-0.3, -0.25) is 14.5 Å². The quantitative estimate of drug-likeness (QED) is 0.731. The van der Waals surface area contributed by atoms with Crippen LogP contribution in [0.1, 0.15) is 32.1 Å². The maximum absolute atomic E-state index is 12.0. The SMILES string of the molecule is COC(=O)[C@H]1CCCN(C2CCCCNC2=O)C1. The Morgan fingerprint density at radius 2 is 2.17 bits per heavy atom. The number of amides is 1. The van der Waals surface area contributed by atoms with Crippen LogP contribution >= 0.6 is 0 Å². The van der Waals surface area contributed by atoms with Crippen molar-refractivity contribution in [2.24, 2.45) is 5.92 Å². The Bertz CT molecular complexity index is 319. The van der Waals surface area contributed by atoms with Crippen molar-refractivity contribution in [1.82, 2.24) is 10.2 Å². The van der Waals surface area contributed by atoms with E-state index >= 15 is 0 Å². The molecular formula is C13H22N2O3. The van der Waals surface area contributed by atoms with Crippen molar-refractivity contribution in [2.45, 2.75) is 38.1 Å². The smallest absolute Gasteiger partial charge is 0.309 e. The van der Waals surface area contributed by atoms with Gasteiger partial charge in [0.1, 0.15) is 0 Å². The van der Waals surface area contributed by atoms with E-state index in [1.165, 1.54) is 7.11 Å². The lowest BCUT2D eigenvalue weighted by molar-refractivity contribution is -0.148. The maximum Gasteiger partial charge on any atom is 0.309 e. The summed E-state index contributed by atoms with van der Waals surface area (Å²) < 4.78 is 4.81. The first kappa shape index (κ1) is 13.3. The molecule has 2 heterocycles. The first-order chi connectivity index (χ1) is 8.72. The number of hydrogen-bond donors (Lipinski definition) is 1. The Labute approximate surface area is 108 Å². The third kappa shape index (κ3) is 3.02. The first-order valence-electron chi connectivity index (χ1n) is 6.82. The maximum atomic E-state index is 12.0. The average Bonchev–Trinajstić information content (AvgIpc) is 2.62. The Morgan fingerprint density at radius 1 is 1.33 bits per heavy atom. The summed E-state index contributed by atoms with van der Waals surface area (Å²) in [6.45, 7) is 2.35. The predicted octanol–water partition coefficient (Wildman–Crippen LogP) is 0.540. The highest BCUT2D eigenvalue weighted by atomic mass is 16.5. The molecule has 0 aliphatic carbocycles. The van der Waals surface area contributed by atoms with Crippen molar-refractivity contribution < 1.29 is 14.3 Å². The molecule has 0 spiro atoms. The number of ether oxygens (including phenoxy) is 1. The third-order valence-corrected chi connectivity index (χ3v) is 3.93. The lowest BCUT2D eigenvalue weighted by Crippen LogP contribution is -2.50. The molecule has 2 aliphatic rings. The van der Waals surface area contributed by atoms with Crippen LogP contribution in [0.3, 0.4) is 0 Å². The van der Waals surface area contributed by atoms with Gasteiger partial charge in [-0.25, -0.2) is 0 Å². The second-order valence-electron chi connectivity index (χ2n) is 5.16. The standard InChI is InChI=1S/C13H22N2O3/c1-18-13(17)10-5-4-8-15(9-10)11-6-2-3-7-14-12(11)16/h10-11H,2-9H2,1H3,(H,14,16)/t10-,11?/m0/s1. The van der Waals surface area contributed by atoms with Crippen LogP contribution in [-0.4, -0.2) is 49.6 Å².